The Balaban J connectivity index is 2.11. The topological polar surface area (TPSA) is 107 Å². The number of fused-ring (bicyclic) bond motifs is 1. The molecule has 1 aromatic heterocycles. The van der Waals surface area contributed by atoms with Gasteiger partial charge in [0.25, 0.3) is 0 Å². The molecule has 3 rings (SSSR count). The minimum atomic E-state index is -0.987. The van der Waals surface area contributed by atoms with Crippen LogP contribution in [0.3, 0.4) is 0 Å². The molecule has 7 nitrogen and oxygen atoms in total. The van der Waals surface area contributed by atoms with Crippen LogP contribution in [0.5, 0.6) is 0 Å². The number of aromatic nitrogens is 2. The van der Waals surface area contributed by atoms with Crippen LogP contribution in [-0.2, 0) is 9.53 Å². The molecule has 0 bridgehead atoms. The van der Waals surface area contributed by atoms with Crippen LogP contribution in [0, 0.1) is 5.41 Å². The summed E-state index contributed by atoms with van der Waals surface area (Å²) in [6.07, 6.45) is 4.31. The van der Waals surface area contributed by atoms with Crippen molar-refractivity contribution in [2.24, 2.45) is 11.1 Å². The highest BCUT2D eigenvalue weighted by molar-refractivity contribution is 5.93. The van der Waals surface area contributed by atoms with Gasteiger partial charge < -0.3 is 15.6 Å². The van der Waals surface area contributed by atoms with E-state index in [-0.39, 0.29) is 17.7 Å². The summed E-state index contributed by atoms with van der Waals surface area (Å²) in [5.41, 5.74) is 5.77. The van der Waals surface area contributed by atoms with Crippen molar-refractivity contribution in [3.05, 3.63) is 30.0 Å². The fourth-order valence-electron chi connectivity index (χ4n) is 3.50. The van der Waals surface area contributed by atoms with E-state index in [0.717, 1.165) is 24.8 Å². The van der Waals surface area contributed by atoms with Crippen LogP contribution in [0.4, 0.5) is 0 Å². The molecule has 2 atom stereocenters. The highest BCUT2D eigenvalue weighted by Gasteiger charge is 2.43. The quantitative estimate of drug-likeness (QED) is 0.865. The van der Waals surface area contributed by atoms with Crippen molar-refractivity contribution in [1.82, 2.24) is 9.78 Å². The third kappa shape index (κ3) is 3.11. The van der Waals surface area contributed by atoms with Gasteiger partial charge in [-0.3, -0.25) is 9.48 Å². The summed E-state index contributed by atoms with van der Waals surface area (Å²) in [5, 5.41) is 14.3. The molecule has 1 saturated heterocycles. The second kappa shape index (κ2) is 6.48. The molecule has 0 spiro atoms. The molecule has 2 unspecified atom stereocenters. The van der Waals surface area contributed by atoms with Crippen LogP contribution in [0.2, 0.25) is 0 Å². The number of nitrogens with zero attached hydrogens (tertiary/aromatic N) is 2. The standard InChI is InChI=1S/C18H23N3O4/c1-18(2,17(19)24)15(14-5-3-4-8-25-14)21-13-7-6-11(16(22)23)9-12(13)10-20-21/h6-7,9-10,14-15H,3-5,8H2,1-2H3,(H2,19,24)(H,22,23). The zero-order valence-corrected chi connectivity index (χ0v) is 14.4. The predicted molar refractivity (Wildman–Crippen MR) is 92.3 cm³/mol. The van der Waals surface area contributed by atoms with E-state index in [2.05, 4.69) is 5.10 Å². The average Bonchev–Trinajstić information content (AvgIpc) is 2.98. The van der Waals surface area contributed by atoms with Crippen LogP contribution in [0.25, 0.3) is 10.9 Å². The van der Waals surface area contributed by atoms with Crippen molar-refractivity contribution in [3.63, 3.8) is 0 Å². The summed E-state index contributed by atoms with van der Waals surface area (Å²) in [4.78, 5) is 23.3. The third-order valence-electron chi connectivity index (χ3n) is 5.05. The van der Waals surface area contributed by atoms with E-state index in [1.807, 2.05) is 0 Å². The number of hydrogen-bond donors (Lipinski definition) is 2. The first-order valence-electron chi connectivity index (χ1n) is 8.44. The Bertz CT molecular complexity index is 806. The number of rotatable bonds is 5. The highest BCUT2D eigenvalue weighted by atomic mass is 16.5. The largest absolute Gasteiger partial charge is 0.478 e. The van der Waals surface area contributed by atoms with Crippen LogP contribution < -0.4 is 5.73 Å². The Morgan fingerprint density at radius 3 is 2.76 bits per heavy atom. The van der Waals surface area contributed by atoms with Gasteiger partial charge in [0, 0.05) is 12.0 Å². The molecular weight excluding hydrogens is 322 g/mol. The first-order valence-corrected chi connectivity index (χ1v) is 8.44. The number of hydrogen-bond acceptors (Lipinski definition) is 4. The normalized spacial score (nSPS) is 19.7. The van der Waals surface area contributed by atoms with Gasteiger partial charge in [0.1, 0.15) is 0 Å². The van der Waals surface area contributed by atoms with E-state index >= 15 is 0 Å². The van der Waals surface area contributed by atoms with Gasteiger partial charge in [0.2, 0.25) is 5.91 Å². The molecule has 134 valence electrons. The van der Waals surface area contributed by atoms with Crippen LogP contribution >= 0.6 is 0 Å². The summed E-state index contributed by atoms with van der Waals surface area (Å²) in [6.45, 7) is 4.26. The minimum Gasteiger partial charge on any atom is -0.478 e. The molecule has 2 heterocycles. The zero-order valence-electron chi connectivity index (χ0n) is 14.4. The molecule has 0 saturated carbocycles. The average molecular weight is 345 g/mol. The second-order valence-corrected chi connectivity index (χ2v) is 7.10. The third-order valence-corrected chi connectivity index (χ3v) is 5.05. The SMILES string of the molecule is CC(C)(C(N)=O)C(C1CCCCO1)n1ncc2cc(C(=O)O)ccc21. The van der Waals surface area contributed by atoms with Gasteiger partial charge in [-0.05, 0) is 51.3 Å². The number of benzene rings is 1. The Morgan fingerprint density at radius 1 is 1.40 bits per heavy atom. The summed E-state index contributed by atoms with van der Waals surface area (Å²) >= 11 is 0. The molecule has 3 N–H and O–H groups in total. The smallest absolute Gasteiger partial charge is 0.335 e. The zero-order chi connectivity index (χ0) is 18.2. The molecule has 0 aliphatic carbocycles. The van der Waals surface area contributed by atoms with Gasteiger partial charge >= 0.3 is 5.97 Å². The first-order chi connectivity index (χ1) is 11.8. The van der Waals surface area contributed by atoms with Gasteiger partial charge in [0.15, 0.2) is 0 Å². The maximum atomic E-state index is 12.1. The lowest BCUT2D eigenvalue weighted by Gasteiger charge is -2.39. The lowest BCUT2D eigenvalue weighted by Crippen LogP contribution is -2.46. The van der Waals surface area contributed by atoms with Crippen molar-refractivity contribution in [2.75, 3.05) is 6.61 Å². The Labute approximate surface area is 145 Å². The maximum absolute atomic E-state index is 12.1. The molecule has 1 aliphatic heterocycles. The van der Waals surface area contributed by atoms with Crippen molar-refractivity contribution in [3.8, 4) is 0 Å². The van der Waals surface area contributed by atoms with E-state index in [0.29, 0.717) is 12.0 Å². The number of nitrogens with two attached hydrogens (primary N) is 1. The van der Waals surface area contributed by atoms with Gasteiger partial charge in [-0.15, -0.1) is 0 Å². The molecule has 1 aliphatic rings. The molecule has 1 fully saturated rings. The number of ether oxygens (including phenoxy) is 1. The predicted octanol–water partition coefficient (Wildman–Crippen LogP) is 2.36. The van der Waals surface area contributed by atoms with E-state index in [9.17, 15) is 9.59 Å². The summed E-state index contributed by atoms with van der Waals surface area (Å²) in [5.74, 6) is -1.41. The number of carbonyl (C=O) groups is 2. The van der Waals surface area contributed by atoms with Crippen molar-refractivity contribution >= 4 is 22.8 Å². The number of primary amides is 1. The summed E-state index contributed by atoms with van der Waals surface area (Å²) in [7, 11) is 0. The molecule has 1 aromatic carbocycles. The fraction of sp³-hybridized carbons (Fsp3) is 0.500. The lowest BCUT2D eigenvalue weighted by molar-refractivity contribution is -0.134. The highest BCUT2D eigenvalue weighted by Crippen LogP contribution is 2.39. The van der Waals surface area contributed by atoms with Crippen LogP contribution in [-0.4, -0.2) is 39.5 Å². The van der Waals surface area contributed by atoms with E-state index in [1.165, 1.54) is 0 Å². The number of carbonyl (C=O) groups excluding carboxylic acids is 1. The molecule has 0 radical (unpaired) electrons. The maximum Gasteiger partial charge on any atom is 0.335 e. The first kappa shape index (κ1) is 17.4. The van der Waals surface area contributed by atoms with Crippen LogP contribution in [0.1, 0.15) is 49.5 Å². The fourth-order valence-corrected chi connectivity index (χ4v) is 3.50. The lowest BCUT2D eigenvalue weighted by atomic mass is 9.78. The molecule has 2 aromatic rings. The molecule has 25 heavy (non-hydrogen) atoms. The monoisotopic (exact) mass is 345 g/mol. The number of aromatic carboxylic acids is 1. The summed E-state index contributed by atoms with van der Waals surface area (Å²) in [6, 6.07) is 4.48. The van der Waals surface area contributed by atoms with Gasteiger partial charge in [-0.25, -0.2) is 4.79 Å². The van der Waals surface area contributed by atoms with E-state index in [4.69, 9.17) is 15.6 Å². The van der Waals surface area contributed by atoms with Gasteiger partial charge in [-0.1, -0.05) is 0 Å². The number of carboxylic acid groups (broad SMARTS) is 1. The number of amides is 1. The van der Waals surface area contributed by atoms with E-state index < -0.39 is 17.3 Å². The van der Waals surface area contributed by atoms with Gasteiger partial charge in [-0.2, -0.15) is 5.10 Å². The second-order valence-electron chi connectivity index (χ2n) is 7.10. The summed E-state index contributed by atoms with van der Waals surface area (Å²) < 4.78 is 7.71. The van der Waals surface area contributed by atoms with Gasteiger partial charge in [0.05, 0.1) is 34.8 Å². The molecule has 7 heteroatoms. The van der Waals surface area contributed by atoms with Crippen molar-refractivity contribution in [2.45, 2.75) is 45.3 Å². The van der Waals surface area contributed by atoms with Crippen molar-refractivity contribution in [1.29, 1.82) is 0 Å². The minimum absolute atomic E-state index is 0.168. The Hall–Kier alpha value is -2.41. The van der Waals surface area contributed by atoms with Crippen molar-refractivity contribution < 1.29 is 19.4 Å². The molecule has 1 amide bonds. The Morgan fingerprint density at radius 2 is 2.16 bits per heavy atom. The van der Waals surface area contributed by atoms with Crippen LogP contribution in [0.15, 0.2) is 24.4 Å². The number of carboxylic acids is 1. The Kier molecular flexibility index (Phi) is 4.51. The van der Waals surface area contributed by atoms with E-state index in [1.54, 1.807) is 42.9 Å². The molecular formula is C18H23N3O4.